The van der Waals surface area contributed by atoms with Crippen molar-refractivity contribution in [2.45, 2.75) is 25.5 Å². The summed E-state index contributed by atoms with van der Waals surface area (Å²) >= 11 is 0. The number of nitrogens with two attached hydrogens (primary N) is 1. The van der Waals surface area contributed by atoms with Crippen LogP contribution in [-0.2, 0) is 14.8 Å². The fraction of sp³-hybridized carbons (Fsp3) is 0.357. The van der Waals surface area contributed by atoms with Crippen molar-refractivity contribution in [3.05, 3.63) is 29.3 Å². The van der Waals surface area contributed by atoms with Gasteiger partial charge >= 0.3 is 0 Å². The van der Waals surface area contributed by atoms with E-state index in [4.69, 9.17) is 5.73 Å². The van der Waals surface area contributed by atoms with Gasteiger partial charge in [0.05, 0.1) is 12.2 Å². The van der Waals surface area contributed by atoms with Crippen LogP contribution in [0.3, 0.4) is 0 Å². The predicted molar refractivity (Wildman–Crippen MR) is 77.6 cm³/mol. The Morgan fingerprint density at radius 2 is 2.00 bits per heavy atom. The Morgan fingerprint density at radius 1 is 1.35 bits per heavy atom. The summed E-state index contributed by atoms with van der Waals surface area (Å²) in [7, 11) is -3.64. The van der Waals surface area contributed by atoms with Crippen LogP contribution in [0.25, 0.3) is 0 Å². The number of carbonyl (C=O) groups is 1. The van der Waals surface area contributed by atoms with E-state index >= 15 is 0 Å². The number of rotatable bonds is 1. The van der Waals surface area contributed by atoms with E-state index in [1.807, 2.05) is 6.92 Å². The lowest BCUT2D eigenvalue weighted by Crippen LogP contribution is -2.67. The van der Waals surface area contributed by atoms with Gasteiger partial charge in [-0.3, -0.25) is 4.79 Å². The van der Waals surface area contributed by atoms with Gasteiger partial charge < -0.3 is 5.73 Å². The molecule has 2 N–H and O–H groups in total. The summed E-state index contributed by atoms with van der Waals surface area (Å²) in [5, 5.41) is 0. The van der Waals surface area contributed by atoms with E-state index in [1.54, 1.807) is 18.2 Å². The monoisotopic (exact) mass is 292 g/mol. The summed E-state index contributed by atoms with van der Waals surface area (Å²) in [6, 6.07) is 4.94. The first-order valence-electron chi connectivity index (χ1n) is 6.12. The zero-order valence-corrected chi connectivity index (χ0v) is 12.4. The van der Waals surface area contributed by atoms with Crippen LogP contribution in [0.5, 0.6) is 0 Å². The second-order valence-corrected chi connectivity index (χ2v) is 7.43. The zero-order valence-electron chi connectivity index (χ0n) is 11.6. The molecule has 1 fully saturated rings. The van der Waals surface area contributed by atoms with Gasteiger partial charge in [-0.25, -0.2) is 12.7 Å². The summed E-state index contributed by atoms with van der Waals surface area (Å²) in [5.74, 6) is 5.16. The molecule has 6 heteroatoms. The molecule has 1 aromatic rings. The number of hydrogen-bond donors (Lipinski definition) is 1. The number of nitrogens with zero attached hydrogens (tertiary/aromatic N) is 1. The smallest absolute Gasteiger partial charge is 0.263 e. The molecular weight excluding hydrogens is 276 g/mol. The Morgan fingerprint density at radius 3 is 2.55 bits per heavy atom. The fourth-order valence-corrected chi connectivity index (χ4v) is 3.40. The van der Waals surface area contributed by atoms with Crippen molar-refractivity contribution in [3.8, 4) is 11.8 Å². The maximum atomic E-state index is 12.1. The first-order valence-corrected chi connectivity index (χ1v) is 7.56. The molecule has 20 heavy (non-hydrogen) atoms. The lowest BCUT2D eigenvalue weighted by atomic mass is 10.1. The number of anilines is 1. The molecule has 1 aliphatic rings. The molecule has 0 atom stereocenters. The van der Waals surface area contributed by atoms with Crippen LogP contribution >= 0.6 is 0 Å². The highest BCUT2D eigenvalue weighted by atomic mass is 32.2. The highest BCUT2D eigenvalue weighted by molar-refractivity contribution is 7.98. The van der Waals surface area contributed by atoms with Gasteiger partial charge in [0.1, 0.15) is 0 Å². The molecule has 1 saturated heterocycles. The van der Waals surface area contributed by atoms with Crippen LogP contribution in [0, 0.1) is 18.8 Å². The summed E-state index contributed by atoms with van der Waals surface area (Å²) in [6.45, 7) is 4.90. The van der Waals surface area contributed by atoms with Gasteiger partial charge in [0.15, 0.2) is 4.75 Å². The van der Waals surface area contributed by atoms with E-state index in [9.17, 15) is 13.2 Å². The normalized spacial score (nSPS) is 19.0. The van der Waals surface area contributed by atoms with Crippen molar-refractivity contribution in [1.82, 2.24) is 0 Å². The Kier molecular flexibility index (Phi) is 3.36. The largest absolute Gasteiger partial charge is 0.320 e. The number of hydrogen-bond acceptors (Lipinski definition) is 4. The third-order valence-electron chi connectivity index (χ3n) is 3.37. The first kappa shape index (κ1) is 14.6. The van der Waals surface area contributed by atoms with Crippen molar-refractivity contribution < 1.29 is 13.2 Å². The quantitative estimate of drug-likeness (QED) is 0.775. The van der Waals surface area contributed by atoms with Crippen molar-refractivity contribution >= 4 is 21.6 Å². The van der Waals surface area contributed by atoms with Gasteiger partial charge in [-0.1, -0.05) is 17.9 Å². The van der Waals surface area contributed by atoms with Crippen LogP contribution < -0.4 is 10.0 Å². The minimum absolute atomic E-state index is 0.220. The van der Waals surface area contributed by atoms with Crippen LogP contribution in [0.1, 0.15) is 25.0 Å². The van der Waals surface area contributed by atoms with E-state index < -0.39 is 20.7 Å². The molecular formula is C14H16N2O3S. The topological polar surface area (TPSA) is 80.5 Å². The molecule has 1 amide bonds. The van der Waals surface area contributed by atoms with E-state index in [0.717, 1.165) is 9.87 Å². The molecule has 1 heterocycles. The zero-order chi connectivity index (χ0) is 15.1. The molecule has 106 valence electrons. The third kappa shape index (κ3) is 1.90. The average molecular weight is 292 g/mol. The van der Waals surface area contributed by atoms with Crippen LogP contribution in [0.4, 0.5) is 5.69 Å². The molecule has 1 aromatic carbocycles. The van der Waals surface area contributed by atoms with Gasteiger partial charge in [0, 0.05) is 5.56 Å². The van der Waals surface area contributed by atoms with Gasteiger partial charge in [0.25, 0.3) is 15.9 Å². The number of sulfonamides is 1. The summed E-state index contributed by atoms with van der Waals surface area (Å²) in [6.07, 6.45) is 0. The Hall–Kier alpha value is -1.84. The predicted octanol–water partition coefficient (Wildman–Crippen LogP) is 0.760. The molecule has 0 aromatic heterocycles. The van der Waals surface area contributed by atoms with Crippen molar-refractivity contribution in [2.75, 3.05) is 10.8 Å². The van der Waals surface area contributed by atoms with Gasteiger partial charge in [0.2, 0.25) is 0 Å². The summed E-state index contributed by atoms with van der Waals surface area (Å²) in [4.78, 5) is 12.0. The number of aryl methyl sites for hydroxylation is 1. The molecule has 0 aliphatic carbocycles. The molecule has 0 spiro atoms. The number of carbonyl (C=O) groups excluding carboxylic acids is 1. The lowest BCUT2D eigenvalue weighted by molar-refractivity contribution is -0.120. The number of benzene rings is 1. The van der Waals surface area contributed by atoms with Gasteiger partial charge in [-0.05, 0) is 38.5 Å². The van der Waals surface area contributed by atoms with Crippen LogP contribution in [-0.4, -0.2) is 25.6 Å². The van der Waals surface area contributed by atoms with Gasteiger partial charge in [-0.2, -0.15) is 0 Å². The molecule has 0 unspecified atom stereocenters. The maximum absolute atomic E-state index is 12.1. The molecule has 0 saturated carbocycles. The molecule has 0 bridgehead atoms. The SMILES string of the molecule is Cc1ccc(N2C(=O)C(C)(C)S2(=O)=O)cc1C#CCN. The summed E-state index contributed by atoms with van der Waals surface area (Å²) in [5.41, 5.74) is 7.22. The van der Waals surface area contributed by atoms with Crippen molar-refractivity contribution in [2.24, 2.45) is 5.73 Å². The maximum Gasteiger partial charge on any atom is 0.263 e. The second kappa shape index (κ2) is 4.62. The van der Waals surface area contributed by atoms with E-state index in [2.05, 4.69) is 11.8 Å². The standard InChI is InChI=1S/C14H16N2O3S/c1-10-6-7-12(9-11(10)5-4-8-15)16-13(17)14(2,3)20(16,18)19/h6-7,9H,8,15H2,1-3H3. The van der Waals surface area contributed by atoms with Crippen molar-refractivity contribution in [1.29, 1.82) is 0 Å². The van der Waals surface area contributed by atoms with E-state index in [-0.39, 0.29) is 6.54 Å². The van der Waals surface area contributed by atoms with E-state index in [0.29, 0.717) is 11.3 Å². The average Bonchev–Trinajstić information content (AvgIpc) is 2.38. The molecule has 1 aliphatic heterocycles. The molecule has 2 rings (SSSR count). The fourth-order valence-electron chi connectivity index (χ4n) is 1.93. The van der Waals surface area contributed by atoms with Crippen molar-refractivity contribution in [3.63, 3.8) is 0 Å². The van der Waals surface area contributed by atoms with Crippen LogP contribution in [0.2, 0.25) is 0 Å². The van der Waals surface area contributed by atoms with E-state index in [1.165, 1.54) is 13.8 Å². The highest BCUT2D eigenvalue weighted by Gasteiger charge is 2.60. The molecule has 0 radical (unpaired) electrons. The Bertz CT molecular complexity index is 739. The Labute approximate surface area is 118 Å². The van der Waals surface area contributed by atoms with Gasteiger partial charge in [-0.15, -0.1) is 0 Å². The van der Waals surface area contributed by atoms with Crippen LogP contribution in [0.15, 0.2) is 18.2 Å². The highest BCUT2D eigenvalue weighted by Crippen LogP contribution is 2.39. The number of amides is 1. The Balaban J connectivity index is 2.49. The summed E-state index contributed by atoms with van der Waals surface area (Å²) < 4.78 is 23.8. The minimum Gasteiger partial charge on any atom is -0.320 e. The lowest BCUT2D eigenvalue weighted by Gasteiger charge is -2.42. The molecule has 5 nitrogen and oxygen atoms in total. The first-order chi connectivity index (χ1) is 9.23. The third-order valence-corrected chi connectivity index (χ3v) is 5.69. The second-order valence-electron chi connectivity index (χ2n) is 5.09. The minimum atomic E-state index is -3.64.